The summed E-state index contributed by atoms with van der Waals surface area (Å²) in [6.45, 7) is 6.33. The predicted octanol–water partition coefficient (Wildman–Crippen LogP) is 3.48. The Bertz CT molecular complexity index is 309. The Morgan fingerprint density at radius 2 is 2.07 bits per heavy atom. The van der Waals surface area contributed by atoms with E-state index >= 15 is 0 Å². The zero-order valence-corrected chi connectivity index (χ0v) is 10.6. The van der Waals surface area contributed by atoms with E-state index in [4.69, 9.17) is 0 Å². The van der Waals surface area contributed by atoms with Crippen molar-refractivity contribution in [3.05, 3.63) is 34.9 Å². The van der Waals surface area contributed by atoms with Gasteiger partial charge in [-0.05, 0) is 42.7 Å². The maximum absolute atomic E-state index is 10.0. The molecule has 84 valence electrons. The third-order valence-corrected chi connectivity index (χ3v) is 3.88. The first-order valence-corrected chi connectivity index (χ1v) is 6.64. The van der Waals surface area contributed by atoms with Gasteiger partial charge >= 0.3 is 0 Å². The number of benzene rings is 1. The molecule has 0 aliphatic rings. The van der Waals surface area contributed by atoms with Crippen LogP contribution in [0.1, 0.15) is 36.1 Å². The molecule has 0 radical (unpaired) electrons. The highest BCUT2D eigenvalue weighted by molar-refractivity contribution is 7.99. The molecule has 0 aliphatic heterocycles. The van der Waals surface area contributed by atoms with Crippen LogP contribution >= 0.6 is 11.8 Å². The van der Waals surface area contributed by atoms with E-state index < -0.39 is 0 Å². The van der Waals surface area contributed by atoms with Crippen molar-refractivity contribution in [2.45, 2.75) is 33.3 Å². The van der Waals surface area contributed by atoms with Crippen molar-refractivity contribution in [3.63, 3.8) is 0 Å². The van der Waals surface area contributed by atoms with E-state index in [9.17, 15) is 5.11 Å². The van der Waals surface area contributed by atoms with Gasteiger partial charge in [-0.2, -0.15) is 11.8 Å². The fourth-order valence-corrected chi connectivity index (χ4v) is 2.42. The number of aliphatic hydroxyl groups is 1. The third kappa shape index (κ3) is 3.54. The molecule has 0 heterocycles. The molecule has 1 nitrogen and oxygen atoms in total. The van der Waals surface area contributed by atoms with Gasteiger partial charge in [0.15, 0.2) is 0 Å². The van der Waals surface area contributed by atoms with Crippen molar-refractivity contribution in [2.75, 3.05) is 11.5 Å². The van der Waals surface area contributed by atoms with E-state index in [1.165, 1.54) is 17.5 Å². The molecule has 1 aromatic carbocycles. The second-order valence-electron chi connectivity index (χ2n) is 3.88. The molecule has 0 aliphatic carbocycles. The summed E-state index contributed by atoms with van der Waals surface area (Å²) in [6, 6.07) is 6.13. The second-order valence-corrected chi connectivity index (χ2v) is 5.03. The number of rotatable bonds is 5. The van der Waals surface area contributed by atoms with Crippen LogP contribution in [0.4, 0.5) is 0 Å². The van der Waals surface area contributed by atoms with Crippen LogP contribution in [0.5, 0.6) is 0 Å². The standard InChI is InChI=1S/C13H20OS/c1-4-8-15-9-13(14)12-7-5-6-10(2)11(12)3/h5-7,13-14H,4,8-9H2,1-3H3. The first-order chi connectivity index (χ1) is 7.16. The average molecular weight is 224 g/mol. The van der Waals surface area contributed by atoms with Crippen LogP contribution < -0.4 is 0 Å². The summed E-state index contributed by atoms with van der Waals surface area (Å²) in [5.41, 5.74) is 3.56. The van der Waals surface area contributed by atoms with E-state index in [0.29, 0.717) is 0 Å². The number of aryl methyl sites for hydroxylation is 1. The Morgan fingerprint density at radius 3 is 2.73 bits per heavy atom. The molecule has 1 rings (SSSR count). The van der Waals surface area contributed by atoms with Gasteiger partial charge in [-0.1, -0.05) is 25.1 Å². The first-order valence-electron chi connectivity index (χ1n) is 5.48. The maximum atomic E-state index is 10.0. The van der Waals surface area contributed by atoms with E-state index in [-0.39, 0.29) is 6.10 Å². The number of hydrogen-bond acceptors (Lipinski definition) is 2. The smallest absolute Gasteiger partial charge is 0.0883 e. The fourth-order valence-electron chi connectivity index (χ4n) is 1.56. The lowest BCUT2D eigenvalue weighted by atomic mass is 10.0. The predicted molar refractivity (Wildman–Crippen MR) is 68.5 cm³/mol. The quantitative estimate of drug-likeness (QED) is 0.773. The van der Waals surface area contributed by atoms with Crippen molar-refractivity contribution in [1.82, 2.24) is 0 Å². The molecule has 0 amide bonds. The van der Waals surface area contributed by atoms with Crippen molar-refractivity contribution >= 4 is 11.8 Å². The average Bonchev–Trinajstić information content (AvgIpc) is 2.22. The van der Waals surface area contributed by atoms with Crippen LogP contribution in [-0.4, -0.2) is 16.6 Å². The summed E-state index contributed by atoms with van der Waals surface area (Å²) in [5, 5.41) is 10.0. The second kappa shape index (κ2) is 6.19. The van der Waals surface area contributed by atoms with Gasteiger partial charge in [0.1, 0.15) is 0 Å². The van der Waals surface area contributed by atoms with Crippen LogP contribution in [0.3, 0.4) is 0 Å². The molecule has 1 unspecified atom stereocenters. The minimum Gasteiger partial charge on any atom is -0.388 e. The summed E-state index contributed by atoms with van der Waals surface area (Å²) < 4.78 is 0. The normalized spacial score (nSPS) is 12.8. The highest BCUT2D eigenvalue weighted by atomic mass is 32.2. The summed E-state index contributed by atoms with van der Waals surface area (Å²) in [4.78, 5) is 0. The van der Waals surface area contributed by atoms with E-state index in [1.807, 2.05) is 23.9 Å². The van der Waals surface area contributed by atoms with Crippen LogP contribution in [0.25, 0.3) is 0 Å². The van der Waals surface area contributed by atoms with Gasteiger partial charge in [-0.3, -0.25) is 0 Å². The van der Waals surface area contributed by atoms with Crippen molar-refractivity contribution in [1.29, 1.82) is 0 Å². The topological polar surface area (TPSA) is 20.2 Å². The fraction of sp³-hybridized carbons (Fsp3) is 0.538. The van der Waals surface area contributed by atoms with E-state index in [0.717, 1.165) is 17.1 Å². The molecule has 0 saturated carbocycles. The first kappa shape index (κ1) is 12.6. The third-order valence-electron chi connectivity index (χ3n) is 2.63. The van der Waals surface area contributed by atoms with Gasteiger partial charge < -0.3 is 5.11 Å². The van der Waals surface area contributed by atoms with E-state index in [2.05, 4.69) is 26.8 Å². The lowest BCUT2D eigenvalue weighted by Crippen LogP contribution is -2.04. The summed E-state index contributed by atoms with van der Waals surface area (Å²) in [6.07, 6.45) is 0.853. The molecule has 0 aromatic heterocycles. The number of thioether (sulfide) groups is 1. The highest BCUT2D eigenvalue weighted by Gasteiger charge is 2.10. The van der Waals surface area contributed by atoms with Crippen LogP contribution in [0.15, 0.2) is 18.2 Å². The summed E-state index contributed by atoms with van der Waals surface area (Å²) in [5.74, 6) is 1.93. The van der Waals surface area contributed by atoms with Crippen molar-refractivity contribution in [3.8, 4) is 0 Å². The molecule has 2 heteroatoms. The van der Waals surface area contributed by atoms with Crippen LogP contribution in [-0.2, 0) is 0 Å². The minimum atomic E-state index is -0.318. The Hall–Kier alpha value is -0.470. The Balaban J connectivity index is 2.65. The highest BCUT2D eigenvalue weighted by Crippen LogP contribution is 2.23. The zero-order valence-electron chi connectivity index (χ0n) is 9.79. The molecule has 15 heavy (non-hydrogen) atoms. The maximum Gasteiger partial charge on any atom is 0.0883 e. The lowest BCUT2D eigenvalue weighted by Gasteiger charge is -2.14. The number of hydrogen-bond donors (Lipinski definition) is 1. The summed E-state index contributed by atoms with van der Waals surface area (Å²) in [7, 11) is 0. The van der Waals surface area contributed by atoms with Crippen LogP contribution in [0.2, 0.25) is 0 Å². The molecule has 1 N–H and O–H groups in total. The molecule has 0 fully saturated rings. The van der Waals surface area contributed by atoms with Crippen molar-refractivity contribution < 1.29 is 5.11 Å². The Kier molecular flexibility index (Phi) is 5.20. The molecule has 0 spiro atoms. The minimum absolute atomic E-state index is 0.318. The van der Waals surface area contributed by atoms with E-state index in [1.54, 1.807) is 0 Å². The van der Waals surface area contributed by atoms with Gasteiger partial charge in [0.25, 0.3) is 0 Å². The number of aliphatic hydroxyl groups excluding tert-OH is 1. The van der Waals surface area contributed by atoms with Crippen molar-refractivity contribution in [2.24, 2.45) is 0 Å². The molecular weight excluding hydrogens is 204 g/mol. The van der Waals surface area contributed by atoms with Crippen LogP contribution in [0, 0.1) is 13.8 Å². The van der Waals surface area contributed by atoms with Gasteiger partial charge in [0, 0.05) is 5.75 Å². The summed E-state index contributed by atoms with van der Waals surface area (Å²) >= 11 is 1.82. The Morgan fingerprint density at radius 1 is 1.33 bits per heavy atom. The lowest BCUT2D eigenvalue weighted by molar-refractivity contribution is 0.203. The Labute approximate surface area is 96.9 Å². The molecule has 0 saturated heterocycles. The van der Waals surface area contributed by atoms with Gasteiger partial charge in [0.2, 0.25) is 0 Å². The molecule has 1 aromatic rings. The SMILES string of the molecule is CCCSCC(O)c1cccc(C)c1C. The monoisotopic (exact) mass is 224 g/mol. The van der Waals surface area contributed by atoms with Gasteiger partial charge in [0.05, 0.1) is 6.10 Å². The molecule has 1 atom stereocenters. The largest absolute Gasteiger partial charge is 0.388 e. The van der Waals surface area contributed by atoms with Gasteiger partial charge in [-0.25, -0.2) is 0 Å². The van der Waals surface area contributed by atoms with Gasteiger partial charge in [-0.15, -0.1) is 0 Å². The zero-order chi connectivity index (χ0) is 11.3. The molecule has 0 bridgehead atoms. The molecular formula is C13H20OS.